The number of nitrogens with zero attached hydrogens (tertiary/aromatic N) is 5. The van der Waals surface area contributed by atoms with Crippen molar-refractivity contribution in [2.24, 2.45) is 0 Å². The molecule has 0 spiro atoms. The predicted molar refractivity (Wildman–Crippen MR) is 84.4 cm³/mol. The van der Waals surface area contributed by atoms with Gasteiger partial charge in [0.05, 0.1) is 5.52 Å². The summed E-state index contributed by atoms with van der Waals surface area (Å²) in [6, 6.07) is 3.96. The highest BCUT2D eigenvalue weighted by molar-refractivity contribution is 5.99. The molecule has 3 aromatic heterocycles. The molecule has 3 aromatic rings. The van der Waals surface area contributed by atoms with Gasteiger partial charge in [-0.1, -0.05) is 19.3 Å². The minimum absolute atomic E-state index is 0.135. The highest BCUT2D eigenvalue weighted by Crippen LogP contribution is 2.18. The summed E-state index contributed by atoms with van der Waals surface area (Å²) in [6.45, 7) is 0. The topological polar surface area (TPSA) is 77.1 Å². The van der Waals surface area contributed by atoms with Crippen molar-refractivity contribution in [1.82, 2.24) is 29.5 Å². The van der Waals surface area contributed by atoms with Crippen molar-refractivity contribution in [3.63, 3.8) is 0 Å². The van der Waals surface area contributed by atoms with E-state index < -0.39 is 0 Å². The van der Waals surface area contributed by atoms with Crippen LogP contribution in [0.5, 0.6) is 0 Å². The van der Waals surface area contributed by atoms with E-state index in [1.165, 1.54) is 19.3 Å². The maximum atomic E-state index is 12.7. The first-order valence-electron chi connectivity index (χ1n) is 7.96. The highest BCUT2D eigenvalue weighted by atomic mass is 16.2. The number of hydrogen-bond acceptors (Lipinski definition) is 4. The number of carbonyl (C=O) groups excluding carboxylic acids is 1. The molecular formula is C16H18N6O. The molecule has 1 N–H and O–H groups in total. The molecule has 1 amide bonds. The fourth-order valence-corrected chi connectivity index (χ4v) is 3.08. The summed E-state index contributed by atoms with van der Waals surface area (Å²) < 4.78 is 3.37. The molecule has 0 aromatic carbocycles. The first-order chi connectivity index (χ1) is 11.3. The minimum Gasteiger partial charge on any atom is -0.348 e. The molecule has 1 fully saturated rings. The number of hydrogen-bond donors (Lipinski definition) is 1. The van der Waals surface area contributed by atoms with Gasteiger partial charge in [0.15, 0.2) is 5.69 Å². The lowest BCUT2D eigenvalue weighted by Gasteiger charge is -2.22. The van der Waals surface area contributed by atoms with Crippen molar-refractivity contribution in [1.29, 1.82) is 0 Å². The molecule has 1 saturated carbocycles. The van der Waals surface area contributed by atoms with Crippen molar-refractivity contribution < 1.29 is 4.79 Å². The molecule has 0 bridgehead atoms. The van der Waals surface area contributed by atoms with E-state index in [4.69, 9.17) is 0 Å². The Bertz CT molecular complexity index is 816. The van der Waals surface area contributed by atoms with Crippen molar-refractivity contribution in [3.8, 4) is 5.95 Å². The van der Waals surface area contributed by atoms with E-state index in [0.717, 1.165) is 12.8 Å². The average molecular weight is 310 g/mol. The number of amides is 1. The average Bonchev–Trinajstić information content (AvgIpc) is 3.26. The van der Waals surface area contributed by atoms with Crippen LogP contribution in [0.3, 0.4) is 0 Å². The zero-order valence-electron chi connectivity index (χ0n) is 12.7. The fourth-order valence-electron chi connectivity index (χ4n) is 3.08. The molecule has 1 aliphatic rings. The van der Waals surface area contributed by atoms with Gasteiger partial charge in [0.2, 0.25) is 0 Å². The summed E-state index contributed by atoms with van der Waals surface area (Å²) in [5.74, 6) is 0.296. The Morgan fingerprint density at radius 2 is 2.09 bits per heavy atom. The van der Waals surface area contributed by atoms with Crippen molar-refractivity contribution in [3.05, 3.63) is 42.7 Å². The van der Waals surface area contributed by atoms with E-state index in [2.05, 4.69) is 20.4 Å². The summed E-state index contributed by atoms with van der Waals surface area (Å²) in [6.07, 6.45) is 12.5. The van der Waals surface area contributed by atoms with Crippen LogP contribution in [0.2, 0.25) is 0 Å². The highest BCUT2D eigenvalue weighted by Gasteiger charge is 2.20. The quantitative estimate of drug-likeness (QED) is 0.802. The Morgan fingerprint density at radius 1 is 1.22 bits per heavy atom. The Hall–Kier alpha value is -2.70. The molecule has 23 heavy (non-hydrogen) atoms. The summed E-state index contributed by atoms with van der Waals surface area (Å²) in [5.41, 5.74) is 1.11. The van der Waals surface area contributed by atoms with Crippen molar-refractivity contribution in [2.45, 2.75) is 38.1 Å². The third-order valence-corrected chi connectivity index (χ3v) is 4.27. The molecule has 0 unspecified atom stereocenters. The normalized spacial score (nSPS) is 15.8. The minimum atomic E-state index is -0.135. The molecule has 4 rings (SSSR count). The summed E-state index contributed by atoms with van der Waals surface area (Å²) in [5, 5.41) is 7.54. The first-order valence-corrected chi connectivity index (χ1v) is 7.96. The van der Waals surface area contributed by atoms with Crippen LogP contribution in [-0.4, -0.2) is 36.1 Å². The Labute approximate surface area is 133 Å². The zero-order valence-corrected chi connectivity index (χ0v) is 12.7. The summed E-state index contributed by atoms with van der Waals surface area (Å²) in [4.78, 5) is 21.2. The molecule has 0 atom stereocenters. The standard InChI is InChI=1S/C16H18N6O/c23-15(18-12-5-2-1-3-6-12)14-13-7-4-9-22(13)20-16(19-14)21-10-8-17-11-21/h4,7-12H,1-3,5-6H2,(H,18,23). The van der Waals surface area contributed by atoms with Gasteiger partial charge in [-0.3, -0.25) is 9.36 Å². The SMILES string of the molecule is O=C(NC1CCCCC1)c1nc(-n2ccnc2)nn2cccc12. The molecule has 3 heterocycles. The number of aromatic nitrogens is 5. The monoisotopic (exact) mass is 310 g/mol. The molecule has 7 nitrogen and oxygen atoms in total. The second-order valence-corrected chi connectivity index (χ2v) is 5.88. The molecule has 118 valence electrons. The number of imidazole rings is 1. The van der Waals surface area contributed by atoms with E-state index in [1.54, 1.807) is 27.8 Å². The van der Waals surface area contributed by atoms with Gasteiger partial charge >= 0.3 is 0 Å². The second kappa shape index (κ2) is 5.83. The predicted octanol–water partition coefficient (Wildman–Crippen LogP) is 1.98. The van der Waals surface area contributed by atoms with Crippen molar-refractivity contribution >= 4 is 11.4 Å². The van der Waals surface area contributed by atoms with Crippen LogP contribution in [0.4, 0.5) is 0 Å². The van der Waals surface area contributed by atoms with Gasteiger partial charge in [0.1, 0.15) is 6.33 Å². The van der Waals surface area contributed by atoms with Gasteiger partial charge in [-0.15, -0.1) is 5.10 Å². The Kier molecular flexibility index (Phi) is 3.53. The smallest absolute Gasteiger partial charge is 0.272 e. The van der Waals surface area contributed by atoms with Gasteiger partial charge in [-0.2, -0.15) is 0 Å². The van der Waals surface area contributed by atoms with Gasteiger partial charge < -0.3 is 5.32 Å². The van der Waals surface area contributed by atoms with Crippen LogP contribution in [0.15, 0.2) is 37.1 Å². The van der Waals surface area contributed by atoms with Crippen LogP contribution in [0.25, 0.3) is 11.5 Å². The third kappa shape index (κ3) is 2.69. The molecule has 7 heteroatoms. The van der Waals surface area contributed by atoms with Crippen molar-refractivity contribution in [2.75, 3.05) is 0 Å². The van der Waals surface area contributed by atoms with Gasteiger partial charge in [-0.05, 0) is 25.0 Å². The van der Waals surface area contributed by atoms with E-state index >= 15 is 0 Å². The van der Waals surface area contributed by atoms with E-state index in [0.29, 0.717) is 17.2 Å². The van der Waals surface area contributed by atoms with Crippen LogP contribution in [0.1, 0.15) is 42.6 Å². The zero-order chi connectivity index (χ0) is 15.6. The number of carbonyl (C=O) groups is 1. The van der Waals surface area contributed by atoms with Crippen LogP contribution < -0.4 is 5.32 Å². The lowest BCUT2D eigenvalue weighted by atomic mass is 9.95. The largest absolute Gasteiger partial charge is 0.348 e. The second-order valence-electron chi connectivity index (χ2n) is 5.88. The lowest BCUT2D eigenvalue weighted by Crippen LogP contribution is -2.37. The van der Waals surface area contributed by atoms with Gasteiger partial charge in [0, 0.05) is 24.6 Å². The maximum absolute atomic E-state index is 12.7. The molecule has 0 saturated heterocycles. The van der Waals surface area contributed by atoms with E-state index in [9.17, 15) is 4.79 Å². The molecule has 0 aliphatic heterocycles. The Morgan fingerprint density at radius 3 is 2.87 bits per heavy atom. The summed E-state index contributed by atoms with van der Waals surface area (Å²) in [7, 11) is 0. The van der Waals surface area contributed by atoms with Gasteiger partial charge in [-0.25, -0.2) is 14.5 Å². The van der Waals surface area contributed by atoms with E-state index in [-0.39, 0.29) is 11.9 Å². The number of rotatable bonds is 3. The van der Waals surface area contributed by atoms with E-state index in [1.807, 2.05) is 18.3 Å². The maximum Gasteiger partial charge on any atom is 0.272 e. The fraction of sp³-hybridized carbons (Fsp3) is 0.375. The molecular weight excluding hydrogens is 292 g/mol. The lowest BCUT2D eigenvalue weighted by molar-refractivity contribution is 0.0923. The summed E-state index contributed by atoms with van der Waals surface area (Å²) >= 11 is 0. The van der Waals surface area contributed by atoms with Crippen LogP contribution in [-0.2, 0) is 0 Å². The number of fused-ring (bicyclic) bond motifs is 1. The molecule has 0 radical (unpaired) electrons. The van der Waals surface area contributed by atoms with Crippen LogP contribution in [0, 0.1) is 0 Å². The third-order valence-electron chi connectivity index (χ3n) is 4.27. The number of nitrogens with one attached hydrogen (secondary N) is 1. The first kappa shape index (κ1) is 13.9. The Balaban J connectivity index is 1.69. The van der Waals surface area contributed by atoms with Crippen LogP contribution >= 0.6 is 0 Å². The van der Waals surface area contributed by atoms with Gasteiger partial charge in [0.25, 0.3) is 11.9 Å². The molecule has 1 aliphatic carbocycles.